The maximum Gasteiger partial charge on any atom is 0.339 e. The summed E-state index contributed by atoms with van der Waals surface area (Å²) in [6.45, 7) is 0. The number of benzene rings is 2. The molecule has 0 bridgehead atoms. The van der Waals surface area contributed by atoms with Crippen molar-refractivity contribution in [2.75, 3.05) is 0 Å². The predicted molar refractivity (Wildman–Crippen MR) is 71.5 cm³/mol. The molecule has 0 spiro atoms. The van der Waals surface area contributed by atoms with E-state index < -0.39 is 33.7 Å². The van der Waals surface area contributed by atoms with E-state index in [0.717, 1.165) is 30.3 Å². The fourth-order valence-corrected chi connectivity index (χ4v) is 1.82. The molecule has 6 nitrogen and oxygen atoms in total. The first-order chi connectivity index (χ1) is 9.90. The number of nitrogens with zero attached hydrogens (tertiary/aromatic N) is 1. The average Bonchev–Trinajstić information content (AvgIpc) is 2.41. The van der Waals surface area contributed by atoms with Crippen LogP contribution in [0.2, 0.25) is 5.02 Å². The number of rotatable bonds is 4. The van der Waals surface area contributed by atoms with Crippen LogP contribution in [0.1, 0.15) is 10.4 Å². The van der Waals surface area contributed by atoms with Gasteiger partial charge in [-0.15, -0.1) is 0 Å². The molecular weight excluding hydrogens is 305 g/mol. The number of hydrogen-bond acceptors (Lipinski definition) is 4. The van der Waals surface area contributed by atoms with E-state index in [4.69, 9.17) is 21.4 Å². The molecule has 0 aromatic heterocycles. The number of para-hydroxylation sites is 1. The van der Waals surface area contributed by atoms with Crippen LogP contribution in [0.3, 0.4) is 0 Å². The van der Waals surface area contributed by atoms with Crippen LogP contribution in [-0.2, 0) is 0 Å². The zero-order valence-corrected chi connectivity index (χ0v) is 11.0. The Morgan fingerprint density at radius 2 is 2.05 bits per heavy atom. The molecule has 0 saturated heterocycles. The second kappa shape index (κ2) is 5.76. The van der Waals surface area contributed by atoms with Crippen LogP contribution in [0.4, 0.5) is 10.1 Å². The van der Waals surface area contributed by atoms with Gasteiger partial charge in [0.05, 0.1) is 9.95 Å². The molecule has 0 unspecified atom stereocenters. The van der Waals surface area contributed by atoms with Gasteiger partial charge in [-0.3, -0.25) is 10.1 Å². The molecule has 0 aliphatic carbocycles. The lowest BCUT2D eigenvalue weighted by Crippen LogP contribution is -2.03. The van der Waals surface area contributed by atoms with Gasteiger partial charge in [0, 0.05) is 6.07 Å². The molecule has 0 aliphatic heterocycles. The lowest BCUT2D eigenvalue weighted by Gasteiger charge is -2.10. The van der Waals surface area contributed by atoms with Gasteiger partial charge in [0.15, 0.2) is 0 Å². The number of carboxylic acid groups (broad SMARTS) is 1. The van der Waals surface area contributed by atoms with E-state index in [1.54, 1.807) is 0 Å². The highest BCUT2D eigenvalue weighted by Gasteiger charge is 2.24. The van der Waals surface area contributed by atoms with Crippen molar-refractivity contribution in [1.82, 2.24) is 0 Å². The number of hydrogen-bond donors (Lipinski definition) is 1. The van der Waals surface area contributed by atoms with Gasteiger partial charge in [0.25, 0.3) is 0 Å². The van der Waals surface area contributed by atoms with E-state index in [-0.39, 0.29) is 10.8 Å². The van der Waals surface area contributed by atoms with Crippen LogP contribution in [-0.4, -0.2) is 16.0 Å². The Labute approximate surface area is 122 Å². The largest absolute Gasteiger partial charge is 0.478 e. The van der Waals surface area contributed by atoms with E-state index in [1.807, 2.05) is 0 Å². The molecule has 8 heteroatoms. The first-order valence-corrected chi connectivity index (χ1v) is 5.91. The van der Waals surface area contributed by atoms with Crippen LogP contribution < -0.4 is 4.74 Å². The molecule has 108 valence electrons. The number of aromatic carboxylic acids is 1. The van der Waals surface area contributed by atoms with Crippen LogP contribution in [0.25, 0.3) is 0 Å². The first-order valence-electron chi connectivity index (χ1n) is 5.53. The molecule has 2 rings (SSSR count). The summed E-state index contributed by atoms with van der Waals surface area (Å²) in [6, 6.07) is 6.62. The number of ether oxygens (including phenoxy) is 1. The number of carbonyl (C=O) groups is 1. The zero-order chi connectivity index (χ0) is 15.6. The van der Waals surface area contributed by atoms with Gasteiger partial charge in [-0.1, -0.05) is 17.7 Å². The number of nitro groups is 1. The van der Waals surface area contributed by atoms with Crippen molar-refractivity contribution in [2.45, 2.75) is 0 Å². The second-order valence-electron chi connectivity index (χ2n) is 3.89. The minimum Gasteiger partial charge on any atom is -0.478 e. The molecule has 0 fully saturated rings. The van der Waals surface area contributed by atoms with Crippen molar-refractivity contribution in [1.29, 1.82) is 0 Å². The summed E-state index contributed by atoms with van der Waals surface area (Å²) < 4.78 is 18.2. The van der Waals surface area contributed by atoms with E-state index >= 15 is 0 Å². The first kappa shape index (κ1) is 14.7. The van der Waals surface area contributed by atoms with Crippen LogP contribution in [0, 0.1) is 15.9 Å². The third-order valence-electron chi connectivity index (χ3n) is 2.53. The molecule has 2 aromatic carbocycles. The standard InChI is InChI=1S/C13H7ClFNO5/c14-9-6-7(15)4-5-11(9)21-12-8(13(17)18)2-1-3-10(12)16(19)20/h1-6H,(H,17,18). The van der Waals surface area contributed by atoms with Crippen molar-refractivity contribution >= 4 is 23.3 Å². The summed E-state index contributed by atoms with van der Waals surface area (Å²) >= 11 is 5.76. The van der Waals surface area contributed by atoms with Crippen LogP contribution >= 0.6 is 11.6 Å². The Morgan fingerprint density at radius 3 is 2.62 bits per heavy atom. The highest BCUT2D eigenvalue weighted by Crippen LogP contribution is 2.37. The van der Waals surface area contributed by atoms with Gasteiger partial charge in [-0.25, -0.2) is 9.18 Å². The van der Waals surface area contributed by atoms with Crippen LogP contribution in [0.5, 0.6) is 11.5 Å². The summed E-state index contributed by atoms with van der Waals surface area (Å²) in [4.78, 5) is 21.3. The van der Waals surface area contributed by atoms with Gasteiger partial charge in [0.2, 0.25) is 5.75 Å². The molecule has 21 heavy (non-hydrogen) atoms. The minimum absolute atomic E-state index is 0.0881. The van der Waals surface area contributed by atoms with Gasteiger partial charge in [-0.2, -0.15) is 0 Å². The summed E-state index contributed by atoms with van der Waals surface area (Å²) in [7, 11) is 0. The van der Waals surface area contributed by atoms with E-state index in [9.17, 15) is 19.3 Å². The summed E-state index contributed by atoms with van der Waals surface area (Å²) in [5.74, 6) is -2.57. The Bertz CT molecular complexity index is 702. The smallest absolute Gasteiger partial charge is 0.339 e. The Hall–Kier alpha value is -2.67. The van der Waals surface area contributed by atoms with Crippen molar-refractivity contribution in [3.63, 3.8) is 0 Å². The SMILES string of the molecule is O=C(O)c1cccc([N+](=O)[O-])c1Oc1ccc(F)cc1Cl. The van der Waals surface area contributed by atoms with Crippen molar-refractivity contribution in [3.8, 4) is 11.5 Å². The topological polar surface area (TPSA) is 89.7 Å². The zero-order valence-electron chi connectivity index (χ0n) is 10.2. The minimum atomic E-state index is -1.40. The van der Waals surface area contributed by atoms with E-state index in [1.165, 1.54) is 6.07 Å². The molecule has 0 amide bonds. The molecule has 0 saturated carbocycles. The van der Waals surface area contributed by atoms with Crippen molar-refractivity contribution < 1.29 is 24.0 Å². The highest BCUT2D eigenvalue weighted by atomic mass is 35.5. The molecule has 0 aliphatic rings. The quantitative estimate of drug-likeness (QED) is 0.683. The summed E-state index contributed by atoms with van der Waals surface area (Å²) in [5.41, 5.74) is -0.931. The Kier molecular flexibility index (Phi) is 4.04. The van der Waals surface area contributed by atoms with Gasteiger partial charge < -0.3 is 9.84 Å². The summed E-state index contributed by atoms with van der Waals surface area (Å²) in [6.07, 6.45) is 0. The van der Waals surface area contributed by atoms with Gasteiger partial charge in [0.1, 0.15) is 17.1 Å². The normalized spacial score (nSPS) is 10.2. The van der Waals surface area contributed by atoms with E-state index in [2.05, 4.69) is 0 Å². The molecule has 0 atom stereocenters. The average molecular weight is 312 g/mol. The number of halogens is 2. The summed E-state index contributed by atoms with van der Waals surface area (Å²) in [5, 5.41) is 19.9. The maximum atomic E-state index is 13.0. The molecule has 1 N–H and O–H groups in total. The lowest BCUT2D eigenvalue weighted by molar-refractivity contribution is -0.385. The van der Waals surface area contributed by atoms with Gasteiger partial charge >= 0.3 is 11.7 Å². The molecular formula is C13H7ClFNO5. The van der Waals surface area contributed by atoms with Gasteiger partial charge in [-0.05, 0) is 24.3 Å². The Balaban J connectivity index is 2.56. The third-order valence-corrected chi connectivity index (χ3v) is 2.82. The van der Waals surface area contributed by atoms with E-state index in [0.29, 0.717) is 0 Å². The molecule has 2 aromatic rings. The highest BCUT2D eigenvalue weighted by molar-refractivity contribution is 6.32. The second-order valence-corrected chi connectivity index (χ2v) is 4.30. The lowest BCUT2D eigenvalue weighted by atomic mass is 10.1. The maximum absolute atomic E-state index is 13.0. The third kappa shape index (κ3) is 3.09. The Morgan fingerprint density at radius 1 is 1.33 bits per heavy atom. The van der Waals surface area contributed by atoms with Crippen molar-refractivity contribution in [2.24, 2.45) is 0 Å². The number of nitro benzene ring substituents is 1. The fourth-order valence-electron chi connectivity index (χ4n) is 1.61. The van der Waals surface area contributed by atoms with Crippen LogP contribution in [0.15, 0.2) is 36.4 Å². The predicted octanol–water partition coefficient (Wildman–Crippen LogP) is 3.88. The van der Waals surface area contributed by atoms with Crippen molar-refractivity contribution in [3.05, 3.63) is 62.9 Å². The molecule has 0 heterocycles. The fraction of sp³-hybridized carbons (Fsp3) is 0. The monoisotopic (exact) mass is 311 g/mol. The molecule has 0 radical (unpaired) electrons. The number of carboxylic acids is 1.